The van der Waals surface area contributed by atoms with Gasteiger partial charge in [0.25, 0.3) is 5.91 Å². The minimum atomic E-state index is -0.201. The smallest absolute Gasteiger partial charge is 0.257 e. The third-order valence-electron chi connectivity index (χ3n) is 3.55. The van der Waals surface area contributed by atoms with E-state index in [2.05, 4.69) is 15.6 Å². The number of pyridine rings is 1. The highest BCUT2D eigenvalue weighted by atomic mass is 16.5. The monoisotopic (exact) mass is 347 g/mol. The molecule has 2 aromatic carbocycles. The average molecular weight is 347 g/mol. The van der Waals surface area contributed by atoms with Gasteiger partial charge in [0.15, 0.2) is 0 Å². The molecule has 0 bridgehead atoms. The Bertz CT molecular complexity index is 862. The topological polar surface area (TPSA) is 63.2 Å². The lowest BCUT2D eigenvalue weighted by atomic mass is 10.2. The lowest BCUT2D eigenvalue weighted by molar-refractivity contribution is 0.102. The predicted octanol–water partition coefficient (Wildman–Crippen LogP) is 4.86. The number of hydrogen-bond donors (Lipinski definition) is 2. The molecule has 0 saturated heterocycles. The molecular weight excluding hydrogens is 326 g/mol. The number of para-hydroxylation sites is 1. The molecule has 0 aliphatic heterocycles. The van der Waals surface area contributed by atoms with E-state index in [9.17, 15) is 4.79 Å². The van der Waals surface area contributed by atoms with Crippen molar-refractivity contribution < 1.29 is 9.53 Å². The van der Waals surface area contributed by atoms with Gasteiger partial charge in [0.05, 0.1) is 23.6 Å². The molecule has 1 aromatic heterocycles. The van der Waals surface area contributed by atoms with Crippen LogP contribution < -0.4 is 15.4 Å². The number of hydrogen-bond acceptors (Lipinski definition) is 4. The maximum Gasteiger partial charge on any atom is 0.257 e. The summed E-state index contributed by atoms with van der Waals surface area (Å²) in [5.41, 5.74) is 2.86. The molecule has 0 saturated carbocycles. The molecule has 3 rings (SSSR count). The van der Waals surface area contributed by atoms with E-state index < -0.39 is 0 Å². The molecule has 0 atom stereocenters. The Labute approximate surface area is 153 Å². The number of ether oxygens (including phenoxy) is 1. The second-order valence-electron chi connectivity index (χ2n) is 6.10. The normalized spacial score (nSPS) is 10.4. The molecule has 0 unspecified atom stereocenters. The highest BCUT2D eigenvalue weighted by molar-refractivity contribution is 6.04. The summed E-state index contributed by atoms with van der Waals surface area (Å²) < 4.78 is 5.63. The van der Waals surface area contributed by atoms with E-state index in [1.54, 1.807) is 18.5 Å². The predicted molar refractivity (Wildman–Crippen MR) is 104 cm³/mol. The summed E-state index contributed by atoms with van der Waals surface area (Å²) in [4.78, 5) is 16.5. The average Bonchev–Trinajstić information content (AvgIpc) is 2.64. The van der Waals surface area contributed by atoms with Crippen LogP contribution in [-0.2, 0) is 0 Å². The van der Waals surface area contributed by atoms with Crippen LogP contribution in [0.25, 0.3) is 0 Å². The molecule has 0 radical (unpaired) electrons. The van der Waals surface area contributed by atoms with E-state index in [1.165, 1.54) is 0 Å². The quantitative estimate of drug-likeness (QED) is 0.668. The molecule has 132 valence electrons. The van der Waals surface area contributed by atoms with Crippen molar-refractivity contribution in [2.75, 3.05) is 10.6 Å². The van der Waals surface area contributed by atoms with Gasteiger partial charge in [0.2, 0.25) is 0 Å². The number of aromatic nitrogens is 1. The van der Waals surface area contributed by atoms with Crippen LogP contribution in [0.3, 0.4) is 0 Å². The summed E-state index contributed by atoms with van der Waals surface area (Å²) in [6, 6.07) is 18.8. The Kier molecular flexibility index (Phi) is 5.49. The van der Waals surface area contributed by atoms with Crippen LogP contribution in [0.4, 0.5) is 17.1 Å². The summed E-state index contributed by atoms with van der Waals surface area (Å²) in [5, 5.41) is 6.10. The lowest BCUT2D eigenvalue weighted by Gasteiger charge is -2.11. The third-order valence-corrected chi connectivity index (χ3v) is 3.55. The minimum absolute atomic E-state index is 0.137. The number of carbonyl (C=O) groups is 1. The number of amides is 1. The van der Waals surface area contributed by atoms with Crippen molar-refractivity contribution in [1.29, 1.82) is 0 Å². The fraction of sp³-hybridized carbons (Fsp3) is 0.143. The van der Waals surface area contributed by atoms with Gasteiger partial charge in [-0.2, -0.15) is 0 Å². The van der Waals surface area contributed by atoms with E-state index in [4.69, 9.17) is 4.74 Å². The molecule has 1 heterocycles. The summed E-state index contributed by atoms with van der Waals surface area (Å²) in [5.74, 6) is 0.618. The van der Waals surface area contributed by atoms with Gasteiger partial charge in [-0.25, -0.2) is 0 Å². The van der Waals surface area contributed by atoms with Crippen LogP contribution in [0.1, 0.15) is 24.2 Å². The SMILES string of the molecule is CC(C)Oc1ccc(Nc2cncc(C(=O)Nc3ccccc3)c2)cc1. The summed E-state index contributed by atoms with van der Waals surface area (Å²) >= 11 is 0. The first kappa shape index (κ1) is 17.5. The zero-order valence-corrected chi connectivity index (χ0v) is 14.8. The molecule has 26 heavy (non-hydrogen) atoms. The summed E-state index contributed by atoms with van der Waals surface area (Å²) in [7, 11) is 0. The largest absolute Gasteiger partial charge is 0.491 e. The second-order valence-corrected chi connectivity index (χ2v) is 6.10. The Hall–Kier alpha value is -3.34. The number of carbonyl (C=O) groups excluding carboxylic acids is 1. The summed E-state index contributed by atoms with van der Waals surface area (Å²) in [6.45, 7) is 3.98. The molecule has 5 heteroatoms. The molecule has 0 spiro atoms. The Morgan fingerprint density at radius 1 is 0.923 bits per heavy atom. The minimum Gasteiger partial charge on any atom is -0.491 e. The van der Waals surface area contributed by atoms with Gasteiger partial charge in [-0.15, -0.1) is 0 Å². The maximum atomic E-state index is 12.4. The van der Waals surface area contributed by atoms with Crippen molar-refractivity contribution in [3.8, 4) is 5.75 Å². The highest BCUT2D eigenvalue weighted by Crippen LogP contribution is 2.21. The van der Waals surface area contributed by atoms with E-state index >= 15 is 0 Å². The molecule has 2 N–H and O–H groups in total. The first-order chi connectivity index (χ1) is 12.6. The van der Waals surface area contributed by atoms with E-state index in [-0.39, 0.29) is 12.0 Å². The third kappa shape index (κ3) is 4.83. The standard InChI is InChI=1S/C21H21N3O2/c1-15(2)26-20-10-8-18(9-11-20)23-19-12-16(13-22-14-19)21(25)24-17-6-4-3-5-7-17/h3-15,23H,1-2H3,(H,24,25). The van der Waals surface area contributed by atoms with Gasteiger partial charge in [0.1, 0.15) is 5.75 Å². The second kappa shape index (κ2) is 8.16. The molecule has 5 nitrogen and oxygen atoms in total. The highest BCUT2D eigenvalue weighted by Gasteiger charge is 2.08. The number of nitrogens with zero attached hydrogens (tertiary/aromatic N) is 1. The Balaban J connectivity index is 1.68. The van der Waals surface area contributed by atoms with Crippen molar-refractivity contribution >= 4 is 23.0 Å². The lowest BCUT2D eigenvalue weighted by Crippen LogP contribution is -2.12. The number of anilines is 3. The van der Waals surface area contributed by atoms with Gasteiger partial charge in [-0.05, 0) is 56.3 Å². The van der Waals surface area contributed by atoms with Crippen LogP contribution in [0.2, 0.25) is 0 Å². The molecule has 1 amide bonds. The maximum absolute atomic E-state index is 12.4. The van der Waals surface area contributed by atoms with Crippen LogP contribution in [0, 0.1) is 0 Å². The Morgan fingerprint density at radius 3 is 2.35 bits per heavy atom. The van der Waals surface area contributed by atoms with Crippen LogP contribution >= 0.6 is 0 Å². The van der Waals surface area contributed by atoms with Crippen molar-refractivity contribution in [2.24, 2.45) is 0 Å². The molecule has 0 aliphatic carbocycles. The van der Waals surface area contributed by atoms with E-state index in [0.29, 0.717) is 5.56 Å². The molecule has 0 aliphatic rings. The zero-order valence-electron chi connectivity index (χ0n) is 14.8. The molecular formula is C21H21N3O2. The van der Waals surface area contributed by atoms with Crippen molar-refractivity contribution in [3.05, 3.63) is 78.6 Å². The Morgan fingerprint density at radius 2 is 1.65 bits per heavy atom. The fourth-order valence-corrected chi connectivity index (χ4v) is 2.41. The number of nitrogens with one attached hydrogen (secondary N) is 2. The van der Waals surface area contributed by atoms with Crippen LogP contribution in [0.5, 0.6) is 5.75 Å². The fourth-order valence-electron chi connectivity index (χ4n) is 2.41. The first-order valence-corrected chi connectivity index (χ1v) is 8.45. The molecule has 3 aromatic rings. The van der Waals surface area contributed by atoms with Crippen LogP contribution in [0.15, 0.2) is 73.1 Å². The van der Waals surface area contributed by atoms with Gasteiger partial charge in [-0.1, -0.05) is 18.2 Å². The van der Waals surface area contributed by atoms with E-state index in [0.717, 1.165) is 22.8 Å². The van der Waals surface area contributed by atoms with Crippen LogP contribution in [-0.4, -0.2) is 17.0 Å². The van der Waals surface area contributed by atoms with Gasteiger partial charge < -0.3 is 15.4 Å². The number of rotatable bonds is 6. The van der Waals surface area contributed by atoms with Crippen molar-refractivity contribution in [3.63, 3.8) is 0 Å². The van der Waals surface area contributed by atoms with Crippen molar-refractivity contribution in [2.45, 2.75) is 20.0 Å². The van der Waals surface area contributed by atoms with E-state index in [1.807, 2.05) is 68.4 Å². The van der Waals surface area contributed by atoms with Gasteiger partial charge >= 0.3 is 0 Å². The summed E-state index contributed by atoms with van der Waals surface area (Å²) in [6.07, 6.45) is 3.36. The van der Waals surface area contributed by atoms with Crippen molar-refractivity contribution in [1.82, 2.24) is 4.98 Å². The first-order valence-electron chi connectivity index (χ1n) is 8.45. The molecule has 0 fully saturated rings. The van der Waals surface area contributed by atoms with Gasteiger partial charge in [0, 0.05) is 17.6 Å². The van der Waals surface area contributed by atoms with Gasteiger partial charge in [-0.3, -0.25) is 9.78 Å². The number of benzene rings is 2. The zero-order chi connectivity index (χ0) is 18.4.